The van der Waals surface area contributed by atoms with Gasteiger partial charge in [0, 0.05) is 28.3 Å². The molecule has 0 bridgehead atoms. The molecule has 3 aromatic heterocycles. The van der Waals surface area contributed by atoms with E-state index >= 15 is 0 Å². The minimum absolute atomic E-state index is 0.159. The largest absolute Gasteiger partial charge is 0.333 e. The van der Waals surface area contributed by atoms with Crippen molar-refractivity contribution >= 4 is 33.8 Å². The molecule has 5 rings (SSSR count). The molecule has 4 aromatic rings. The number of hydrogen-bond donors (Lipinski definition) is 0. The highest BCUT2D eigenvalue weighted by Gasteiger charge is 2.30. The summed E-state index contributed by atoms with van der Waals surface area (Å²) in [5.74, 6) is 0.405. The van der Waals surface area contributed by atoms with Crippen LogP contribution in [0.25, 0.3) is 16.6 Å². The quantitative estimate of drug-likeness (QED) is 0.497. The second-order valence-corrected chi connectivity index (χ2v) is 9.04. The minimum Gasteiger partial charge on any atom is -0.333 e. The maximum atomic E-state index is 13.2. The molecular weight excluding hydrogens is 382 g/mol. The summed E-state index contributed by atoms with van der Waals surface area (Å²) in [5, 5.41) is 15.6. The topological polar surface area (TPSA) is 63.4 Å². The fourth-order valence-electron chi connectivity index (χ4n) is 4.22. The lowest BCUT2D eigenvalue weighted by molar-refractivity contribution is -0.139. The number of carbonyl (C=O) groups excluding carboxylic acids is 1. The van der Waals surface area contributed by atoms with Crippen LogP contribution in [0.4, 0.5) is 0 Å². The zero-order valence-electron chi connectivity index (χ0n) is 16.6. The highest BCUT2D eigenvalue weighted by atomic mass is 32.1. The number of hydrogen-bond acceptors (Lipinski definition) is 5. The van der Waals surface area contributed by atoms with Crippen molar-refractivity contribution in [2.24, 2.45) is 5.92 Å². The summed E-state index contributed by atoms with van der Waals surface area (Å²) in [6.45, 7) is 5.32. The zero-order valence-corrected chi connectivity index (χ0v) is 17.4. The Labute approximate surface area is 173 Å². The van der Waals surface area contributed by atoms with E-state index in [2.05, 4.69) is 59.0 Å². The number of rotatable bonds is 5. The number of nitrogens with zero attached hydrogens (tertiary/aromatic N) is 5. The average molecular weight is 406 g/mol. The Morgan fingerprint density at radius 1 is 1.24 bits per heavy atom. The highest BCUT2D eigenvalue weighted by molar-refractivity contribution is 7.09. The first-order valence-electron chi connectivity index (χ1n) is 10.0. The van der Waals surface area contributed by atoms with Gasteiger partial charge in [0.2, 0.25) is 5.91 Å². The third-order valence-electron chi connectivity index (χ3n) is 5.83. The summed E-state index contributed by atoms with van der Waals surface area (Å²) >= 11 is 1.69. The molecular formula is C22H23N5OS. The van der Waals surface area contributed by atoms with Crippen LogP contribution in [-0.2, 0) is 17.9 Å². The predicted octanol–water partition coefficient (Wildman–Crippen LogP) is 4.28. The summed E-state index contributed by atoms with van der Waals surface area (Å²) in [4.78, 5) is 16.3. The molecule has 0 aliphatic heterocycles. The van der Waals surface area contributed by atoms with Crippen LogP contribution in [0.1, 0.15) is 40.8 Å². The van der Waals surface area contributed by atoms with E-state index in [1.165, 1.54) is 10.4 Å². The molecule has 1 aromatic carbocycles. The number of aryl methyl sites for hydroxylation is 2. The maximum Gasteiger partial charge on any atom is 0.226 e. The van der Waals surface area contributed by atoms with Gasteiger partial charge >= 0.3 is 0 Å². The second-order valence-electron chi connectivity index (χ2n) is 8.01. The van der Waals surface area contributed by atoms with Crippen molar-refractivity contribution in [2.75, 3.05) is 0 Å². The van der Waals surface area contributed by atoms with E-state index in [0.29, 0.717) is 13.1 Å². The van der Waals surface area contributed by atoms with Gasteiger partial charge in [-0.05, 0) is 66.3 Å². The summed E-state index contributed by atoms with van der Waals surface area (Å²) < 4.78 is 1.82. The maximum absolute atomic E-state index is 13.2. The molecule has 1 aliphatic carbocycles. The molecule has 0 atom stereocenters. The van der Waals surface area contributed by atoms with E-state index in [9.17, 15) is 4.79 Å². The van der Waals surface area contributed by atoms with Gasteiger partial charge in [0.15, 0.2) is 5.65 Å². The van der Waals surface area contributed by atoms with Crippen molar-refractivity contribution in [1.82, 2.24) is 24.9 Å². The lowest BCUT2D eigenvalue weighted by Gasteiger charge is -2.31. The normalized spacial score (nSPS) is 14.4. The number of carbonyl (C=O) groups is 1. The van der Waals surface area contributed by atoms with E-state index < -0.39 is 0 Å². The first-order valence-corrected chi connectivity index (χ1v) is 10.9. The second kappa shape index (κ2) is 7.22. The Balaban J connectivity index is 1.58. The molecule has 1 fully saturated rings. The number of fused-ring (bicyclic) bond motifs is 3. The third kappa shape index (κ3) is 3.29. The molecule has 6 nitrogen and oxygen atoms in total. The Hall–Kier alpha value is -2.80. The molecule has 7 heteroatoms. The summed E-state index contributed by atoms with van der Waals surface area (Å²) in [6, 6.07) is 10.6. The van der Waals surface area contributed by atoms with Crippen LogP contribution >= 0.6 is 11.3 Å². The van der Waals surface area contributed by atoms with Crippen molar-refractivity contribution < 1.29 is 4.79 Å². The van der Waals surface area contributed by atoms with Crippen LogP contribution in [0.5, 0.6) is 0 Å². The van der Waals surface area contributed by atoms with Gasteiger partial charge in [0.05, 0.1) is 12.1 Å². The van der Waals surface area contributed by atoms with Crippen LogP contribution in [0.2, 0.25) is 0 Å². The van der Waals surface area contributed by atoms with Gasteiger partial charge < -0.3 is 4.90 Å². The molecule has 3 heterocycles. The molecule has 148 valence electrons. The standard InChI is InChI=1S/C22H23N5OS/c1-14-9-15(2)20-17(10-14)11-18(21-23-24-25-27(20)21)12-26(13-19-7-4-8-29-19)22(28)16-5-3-6-16/h4,7-11,16H,3,5-6,12-13H2,1-2H3. The highest BCUT2D eigenvalue weighted by Crippen LogP contribution is 2.31. The van der Waals surface area contributed by atoms with Crippen molar-refractivity contribution in [3.8, 4) is 0 Å². The van der Waals surface area contributed by atoms with Crippen LogP contribution < -0.4 is 0 Å². The van der Waals surface area contributed by atoms with Crippen molar-refractivity contribution in [1.29, 1.82) is 0 Å². The number of thiophene rings is 1. The van der Waals surface area contributed by atoms with Crippen LogP contribution in [0.3, 0.4) is 0 Å². The van der Waals surface area contributed by atoms with E-state index in [1.54, 1.807) is 11.3 Å². The molecule has 1 aliphatic rings. The third-order valence-corrected chi connectivity index (χ3v) is 6.69. The number of aromatic nitrogens is 4. The molecule has 29 heavy (non-hydrogen) atoms. The van der Waals surface area contributed by atoms with Gasteiger partial charge in [-0.1, -0.05) is 24.1 Å². The van der Waals surface area contributed by atoms with Crippen molar-refractivity contribution in [3.05, 3.63) is 57.3 Å². The Morgan fingerprint density at radius 2 is 2.10 bits per heavy atom. The monoisotopic (exact) mass is 405 g/mol. The molecule has 1 amide bonds. The molecule has 1 saturated carbocycles. The van der Waals surface area contributed by atoms with E-state index in [-0.39, 0.29) is 11.8 Å². The van der Waals surface area contributed by atoms with Gasteiger partial charge in [0.1, 0.15) is 0 Å². The Kier molecular flexibility index (Phi) is 4.54. The van der Waals surface area contributed by atoms with Gasteiger partial charge in [0.25, 0.3) is 0 Å². The van der Waals surface area contributed by atoms with Gasteiger partial charge in [-0.3, -0.25) is 4.79 Å². The van der Waals surface area contributed by atoms with Crippen molar-refractivity contribution in [2.45, 2.75) is 46.2 Å². The van der Waals surface area contributed by atoms with E-state index in [4.69, 9.17) is 0 Å². The van der Waals surface area contributed by atoms with Gasteiger partial charge in [-0.15, -0.1) is 16.4 Å². The number of amides is 1. The summed E-state index contributed by atoms with van der Waals surface area (Å²) in [6.07, 6.45) is 3.14. The molecule has 0 radical (unpaired) electrons. The number of tetrazole rings is 1. The molecule has 0 saturated heterocycles. The van der Waals surface area contributed by atoms with Crippen molar-refractivity contribution in [3.63, 3.8) is 0 Å². The molecule has 0 unspecified atom stereocenters. The van der Waals surface area contributed by atoms with E-state index in [1.807, 2.05) is 15.5 Å². The van der Waals surface area contributed by atoms with Crippen LogP contribution in [0, 0.1) is 19.8 Å². The fraction of sp³-hybridized carbons (Fsp3) is 0.364. The number of pyridine rings is 1. The lowest BCUT2D eigenvalue weighted by Crippen LogP contribution is -2.38. The van der Waals surface area contributed by atoms with Gasteiger partial charge in [-0.2, -0.15) is 4.52 Å². The number of benzene rings is 1. The lowest BCUT2D eigenvalue weighted by atomic mass is 9.84. The summed E-state index contributed by atoms with van der Waals surface area (Å²) in [5.41, 5.74) is 5.08. The zero-order chi connectivity index (χ0) is 20.0. The smallest absolute Gasteiger partial charge is 0.226 e. The minimum atomic E-state index is 0.159. The Morgan fingerprint density at radius 3 is 2.83 bits per heavy atom. The van der Waals surface area contributed by atoms with E-state index in [0.717, 1.165) is 46.9 Å². The average Bonchev–Trinajstić information content (AvgIpc) is 3.30. The molecule has 0 N–H and O–H groups in total. The Bertz CT molecular complexity index is 1190. The first-order chi connectivity index (χ1) is 14.1. The predicted molar refractivity (Wildman–Crippen MR) is 114 cm³/mol. The molecule has 0 spiro atoms. The first kappa shape index (κ1) is 18.2. The fourth-order valence-corrected chi connectivity index (χ4v) is 4.94. The SMILES string of the molecule is Cc1cc(C)c2c(c1)cc(CN(Cc1cccs1)C(=O)C1CCC1)c1nnnn12. The van der Waals surface area contributed by atoms with Gasteiger partial charge in [-0.25, -0.2) is 0 Å². The van der Waals surface area contributed by atoms with Crippen LogP contribution in [-0.4, -0.2) is 30.8 Å². The summed E-state index contributed by atoms with van der Waals surface area (Å²) in [7, 11) is 0. The van der Waals surface area contributed by atoms with Crippen LogP contribution in [0.15, 0.2) is 35.7 Å².